The van der Waals surface area contributed by atoms with E-state index in [2.05, 4.69) is 21.7 Å². The minimum absolute atomic E-state index is 0.270. The standard InChI is InChI=1S/C26H27N3O3/c1-18(32-22-13-12-20-8-2-3-9-21(20)15-22)25(30)29-24-11-5-4-10-23(24)26(31)28-17-19-7-6-14-27-16-19/h4-7,10-16,18H,2-3,8-9,17H2,1H3,(H,28,31)(H,29,30)/t18-/m0/s1. The Morgan fingerprint density at radius 1 is 1.03 bits per heavy atom. The van der Waals surface area contributed by atoms with Crippen LogP contribution in [-0.2, 0) is 24.2 Å². The van der Waals surface area contributed by atoms with Crippen molar-refractivity contribution in [3.05, 3.63) is 89.2 Å². The summed E-state index contributed by atoms with van der Waals surface area (Å²) in [5.74, 6) is 0.110. The molecule has 4 rings (SSSR count). The fourth-order valence-electron chi connectivity index (χ4n) is 3.85. The van der Waals surface area contributed by atoms with Crippen molar-refractivity contribution in [2.45, 2.75) is 45.3 Å². The third-order valence-corrected chi connectivity index (χ3v) is 5.61. The van der Waals surface area contributed by atoms with Gasteiger partial charge in [-0.2, -0.15) is 0 Å². The van der Waals surface area contributed by atoms with E-state index in [4.69, 9.17) is 4.74 Å². The predicted molar refractivity (Wildman–Crippen MR) is 124 cm³/mol. The normalized spacial score (nSPS) is 13.5. The van der Waals surface area contributed by atoms with Crippen LogP contribution in [0.1, 0.15) is 46.8 Å². The van der Waals surface area contributed by atoms with E-state index in [1.54, 1.807) is 43.6 Å². The zero-order valence-electron chi connectivity index (χ0n) is 18.1. The molecule has 164 valence electrons. The number of nitrogens with zero attached hydrogens (tertiary/aromatic N) is 1. The second-order valence-corrected chi connectivity index (χ2v) is 7.98. The molecule has 2 N–H and O–H groups in total. The Morgan fingerprint density at radius 3 is 2.66 bits per heavy atom. The van der Waals surface area contributed by atoms with E-state index >= 15 is 0 Å². The van der Waals surface area contributed by atoms with Gasteiger partial charge in [-0.15, -0.1) is 0 Å². The second-order valence-electron chi connectivity index (χ2n) is 7.98. The molecule has 6 heteroatoms. The number of nitrogens with one attached hydrogen (secondary N) is 2. The van der Waals surface area contributed by atoms with Crippen molar-refractivity contribution in [3.63, 3.8) is 0 Å². The van der Waals surface area contributed by atoms with Crippen molar-refractivity contribution in [2.24, 2.45) is 0 Å². The van der Waals surface area contributed by atoms with E-state index < -0.39 is 6.10 Å². The van der Waals surface area contributed by atoms with Crippen LogP contribution < -0.4 is 15.4 Å². The van der Waals surface area contributed by atoms with Crippen LogP contribution in [0.25, 0.3) is 0 Å². The maximum Gasteiger partial charge on any atom is 0.265 e. The number of pyridine rings is 1. The van der Waals surface area contributed by atoms with Crippen LogP contribution in [0, 0.1) is 0 Å². The van der Waals surface area contributed by atoms with Crippen molar-refractivity contribution in [2.75, 3.05) is 5.32 Å². The van der Waals surface area contributed by atoms with Crippen LogP contribution in [0.5, 0.6) is 5.75 Å². The number of hydrogen-bond acceptors (Lipinski definition) is 4. The molecule has 0 radical (unpaired) electrons. The lowest BCUT2D eigenvalue weighted by Gasteiger charge is -2.19. The minimum Gasteiger partial charge on any atom is -0.481 e. The number of hydrogen-bond donors (Lipinski definition) is 2. The SMILES string of the molecule is C[C@H](Oc1ccc2c(c1)CCCC2)C(=O)Nc1ccccc1C(=O)NCc1cccnc1. The van der Waals surface area contributed by atoms with Gasteiger partial charge in [-0.1, -0.05) is 24.3 Å². The topological polar surface area (TPSA) is 80.3 Å². The van der Waals surface area contributed by atoms with E-state index in [-0.39, 0.29) is 11.8 Å². The van der Waals surface area contributed by atoms with Gasteiger partial charge in [-0.25, -0.2) is 0 Å². The Balaban J connectivity index is 1.39. The molecule has 0 spiro atoms. The summed E-state index contributed by atoms with van der Waals surface area (Å²) in [4.78, 5) is 29.5. The number of aromatic nitrogens is 1. The van der Waals surface area contributed by atoms with Crippen molar-refractivity contribution >= 4 is 17.5 Å². The number of rotatable bonds is 7. The van der Waals surface area contributed by atoms with Gasteiger partial charge in [0.05, 0.1) is 11.3 Å². The van der Waals surface area contributed by atoms with Gasteiger partial charge in [0.1, 0.15) is 5.75 Å². The van der Waals surface area contributed by atoms with Crippen LogP contribution in [0.2, 0.25) is 0 Å². The summed E-state index contributed by atoms with van der Waals surface area (Å²) in [6, 6.07) is 16.7. The molecule has 0 saturated heterocycles. The Labute approximate surface area is 188 Å². The first-order chi connectivity index (χ1) is 15.6. The van der Waals surface area contributed by atoms with Crippen LogP contribution in [0.15, 0.2) is 67.0 Å². The highest BCUT2D eigenvalue weighted by Gasteiger charge is 2.19. The largest absolute Gasteiger partial charge is 0.481 e. The summed E-state index contributed by atoms with van der Waals surface area (Å²) in [6.07, 6.45) is 7.24. The molecule has 2 aromatic carbocycles. The van der Waals surface area contributed by atoms with Crippen molar-refractivity contribution in [3.8, 4) is 5.75 Å². The lowest BCUT2D eigenvalue weighted by Crippen LogP contribution is -2.31. The molecule has 1 aliphatic rings. The zero-order valence-corrected chi connectivity index (χ0v) is 18.1. The first kappa shape index (κ1) is 21.6. The van der Waals surface area contributed by atoms with Crippen LogP contribution in [0.3, 0.4) is 0 Å². The van der Waals surface area contributed by atoms with Gasteiger partial charge in [0.2, 0.25) is 0 Å². The van der Waals surface area contributed by atoms with Gasteiger partial charge >= 0.3 is 0 Å². The molecule has 0 fully saturated rings. The molecule has 3 aromatic rings. The fraction of sp³-hybridized carbons (Fsp3) is 0.269. The fourth-order valence-corrected chi connectivity index (χ4v) is 3.85. The van der Waals surface area contributed by atoms with E-state index in [0.29, 0.717) is 23.5 Å². The Hall–Kier alpha value is -3.67. The minimum atomic E-state index is -0.705. The number of ether oxygens (including phenoxy) is 1. The predicted octanol–water partition coefficient (Wildman–Crippen LogP) is 4.30. The molecule has 0 aliphatic heterocycles. The molecule has 0 unspecified atom stereocenters. The number of carbonyl (C=O) groups excluding carboxylic acids is 2. The second kappa shape index (κ2) is 10.1. The monoisotopic (exact) mass is 429 g/mol. The number of anilines is 1. The molecule has 1 heterocycles. The smallest absolute Gasteiger partial charge is 0.265 e. The van der Waals surface area contributed by atoms with Crippen molar-refractivity contribution in [1.82, 2.24) is 10.3 Å². The van der Waals surface area contributed by atoms with E-state index in [0.717, 1.165) is 18.4 Å². The average Bonchev–Trinajstić information content (AvgIpc) is 2.83. The molecule has 2 amide bonds. The summed E-state index contributed by atoms with van der Waals surface area (Å²) in [5.41, 5.74) is 4.41. The molecular formula is C26H27N3O3. The van der Waals surface area contributed by atoms with E-state index in [1.165, 1.54) is 24.0 Å². The van der Waals surface area contributed by atoms with Crippen LogP contribution in [0.4, 0.5) is 5.69 Å². The van der Waals surface area contributed by atoms with Crippen LogP contribution >= 0.6 is 0 Å². The number of amides is 2. The van der Waals surface area contributed by atoms with Gasteiger partial charge in [-0.05, 0) is 79.6 Å². The lowest BCUT2D eigenvalue weighted by atomic mass is 9.92. The number of aryl methyl sites for hydroxylation is 2. The number of fused-ring (bicyclic) bond motifs is 1. The third-order valence-electron chi connectivity index (χ3n) is 5.61. The molecule has 32 heavy (non-hydrogen) atoms. The maximum atomic E-state index is 12.8. The summed E-state index contributed by atoms with van der Waals surface area (Å²) in [6.45, 7) is 2.06. The van der Waals surface area contributed by atoms with E-state index in [9.17, 15) is 9.59 Å². The molecule has 6 nitrogen and oxygen atoms in total. The summed E-state index contributed by atoms with van der Waals surface area (Å²) >= 11 is 0. The highest BCUT2D eigenvalue weighted by molar-refractivity contribution is 6.04. The Bertz CT molecular complexity index is 1100. The first-order valence-electron chi connectivity index (χ1n) is 11.0. The Morgan fingerprint density at radius 2 is 1.84 bits per heavy atom. The summed E-state index contributed by atoms with van der Waals surface area (Å²) in [7, 11) is 0. The molecule has 1 atom stereocenters. The zero-order chi connectivity index (χ0) is 22.3. The third kappa shape index (κ3) is 5.32. The number of para-hydroxylation sites is 1. The Kier molecular flexibility index (Phi) is 6.80. The summed E-state index contributed by atoms with van der Waals surface area (Å²) < 4.78 is 5.90. The molecular weight excluding hydrogens is 402 g/mol. The number of carbonyl (C=O) groups is 2. The molecule has 1 aliphatic carbocycles. The van der Waals surface area contributed by atoms with Gasteiger partial charge in [0.15, 0.2) is 6.10 Å². The highest BCUT2D eigenvalue weighted by Crippen LogP contribution is 2.26. The van der Waals surface area contributed by atoms with Gasteiger partial charge < -0.3 is 15.4 Å². The van der Waals surface area contributed by atoms with Crippen molar-refractivity contribution in [1.29, 1.82) is 0 Å². The average molecular weight is 430 g/mol. The van der Waals surface area contributed by atoms with Gasteiger partial charge in [-0.3, -0.25) is 14.6 Å². The molecule has 0 bridgehead atoms. The van der Waals surface area contributed by atoms with Gasteiger partial charge in [0.25, 0.3) is 11.8 Å². The summed E-state index contributed by atoms with van der Waals surface area (Å²) in [5, 5.41) is 5.70. The highest BCUT2D eigenvalue weighted by atomic mass is 16.5. The maximum absolute atomic E-state index is 12.8. The number of benzene rings is 2. The van der Waals surface area contributed by atoms with Gasteiger partial charge in [0, 0.05) is 18.9 Å². The quantitative estimate of drug-likeness (QED) is 0.587. The van der Waals surface area contributed by atoms with E-state index in [1.807, 2.05) is 24.3 Å². The molecule has 1 aromatic heterocycles. The lowest BCUT2D eigenvalue weighted by molar-refractivity contribution is -0.122. The van der Waals surface area contributed by atoms with Crippen LogP contribution in [-0.4, -0.2) is 22.9 Å². The molecule has 0 saturated carbocycles. The van der Waals surface area contributed by atoms with Crippen molar-refractivity contribution < 1.29 is 14.3 Å². The first-order valence-corrected chi connectivity index (χ1v) is 11.0.